The molecule has 3 heterocycles. The molecule has 0 spiro atoms. The molecule has 2 aromatic rings. The number of aromatic nitrogens is 3. The Hall–Kier alpha value is -2.77. The smallest absolute Gasteiger partial charge is 0.326 e. The van der Waals surface area contributed by atoms with Crippen LogP contribution >= 0.6 is 0 Å². The largest absolute Gasteiger partial charge is 0.480 e. The molecule has 1 unspecified atom stereocenters. The Bertz CT molecular complexity index is 874. The third-order valence-corrected chi connectivity index (χ3v) is 4.80. The Balaban J connectivity index is 1.66. The standard InChI is InChI=1S/C16H16N4O4/c1-8(21)14-10-3-2-4-17-15(10)19(18-14)7-13(22)20-11-5-9(11)6-12(20)16(23)24/h2-4,9,11-12H,5-7H2,1H3,(H,23,24)/t9?,11-,12+/m1/s1. The molecule has 8 heteroatoms. The molecular weight excluding hydrogens is 312 g/mol. The molecule has 124 valence electrons. The molecule has 0 radical (unpaired) electrons. The van der Waals surface area contributed by atoms with Crippen LogP contribution in [0.3, 0.4) is 0 Å². The lowest BCUT2D eigenvalue weighted by Crippen LogP contribution is -2.44. The first-order valence-electron chi connectivity index (χ1n) is 7.84. The number of aliphatic carboxylic acids is 1. The third kappa shape index (κ3) is 2.17. The first-order valence-corrected chi connectivity index (χ1v) is 7.84. The summed E-state index contributed by atoms with van der Waals surface area (Å²) in [5.41, 5.74) is 0.723. The number of ketones is 1. The normalized spacial score (nSPS) is 24.9. The molecule has 0 bridgehead atoms. The molecule has 2 aliphatic rings. The van der Waals surface area contributed by atoms with Gasteiger partial charge in [0, 0.05) is 19.2 Å². The van der Waals surface area contributed by atoms with E-state index < -0.39 is 12.0 Å². The number of carbonyl (C=O) groups excluding carboxylic acids is 2. The summed E-state index contributed by atoms with van der Waals surface area (Å²) in [4.78, 5) is 41.5. The van der Waals surface area contributed by atoms with Gasteiger partial charge in [-0.15, -0.1) is 0 Å². The van der Waals surface area contributed by atoms with Crippen LogP contribution in [-0.2, 0) is 16.1 Å². The summed E-state index contributed by atoms with van der Waals surface area (Å²) in [5.74, 6) is -1.16. The molecule has 0 aromatic carbocycles. The first kappa shape index (κ1) is 14.8. The van der Waals surface area contributed by atoms with Crippen molar-refractivity contribution in [1.29, 1.82) is 0 Å². The van der Waals surface area contributed by atoms with Crippen LogP contribution < -0.4 is 0 Å². The van der Waals surface area contributed by atoms with E-state index in [1.54, 1.807) is 18.3 Å². The molecule has 1 saturated carbocycles. The van der Waals surface area contributed by atoms with E-state index in [1.165, 1.54) is 16.5 Å². The van der Waals surface area contributed by atoms with E-state index in [-0.39, 0.29) is 30.0 Å². The zero-order valence-corrected chi connectivity index (χ0v) is 13.0. The summed E-state index contributed by atoms with van der Waals surface area (Å²) in [6, 6.07) is 2.71. The SMILES string of the molecule is CC(=O)c1nn(CC(=O)N2[C@@H]3CC3C[C@H]2C(=O)O)c2ncccc12. The minimum absolute atomic E-state index is 0.0284. The maximum Gasteiger partial charge on any atom is 0.326 e. The van der Waals surface area contributed by atoms with Gasteiger partial charge in [0.2, 0.25) is 5.91 Å². The predicted octanol–water partition coefficient (Wildman–Crippen LogP) is 0.708. The van der Waals surface area contributed by atoms with Gasteiger partial charge in [-0.05, 0) is 30.9 Å². The van der Waals surface area contributed by atoms with E-state index in [4.69, 9.17) is 0 Å². The second-order valence-electron chi connectivity index (χ2n) is 6.39. The summed E-state index contributed by atoms with van der Waals surface area (Å²) >= 11 is 0. The quantitative estimate of drug-likeness (QED) is 0.829. The fourth-order valence-corrected chi connectivity index (χ4v) is 3.63. The summed E-state index contributed by atoms with van der Waals surface area (Å²) < 4.78 is 1.39. The maximum absolute atomic E-state index is 12.7. The van der Waals surface area contributed by atoms with Gasteiger partial charge in [-0.1, -0.05) is 0 Å². The molecule has 1 N–H and O–H groups in total. The third-order valence-electron chi connectivity index (χ3n) is 4.80. The highest BCUT2D eigenvalue weighted by Gasteiger charge is 2.56. The number of amides is 1. The lowest BCUT2D eigenvalue weighted by atomic mass is 10.1. The molecule has 24 heavy (non-hydrogen) atoms. The van der Waals surface area contributed by atoms with Crippen molar-refractivity contribution in [3.05, 3.63) is 24.0 Å². The fraction of sp³-hybridized carbons (Fsp3) is 0.438. The van der Waals surface area contributed by atoms with E-state index in [1.807, 2.05) is 0 Å². The summed E-state index contributed by atoms with van der Waals surface area (Å²) in [5, 5.41) is 14.1. The molecule has 2 fully saturated rings. The Morgan fingerprint density at radius 2 is 2.12 bits per heavy atom. The molecule has 1 amide bonds. The highest BCUT2D eigenvalue weighted by molar-refractivity contribution is 6.04. The number of hydrogen-bond donors (Lipinski definition) is 1. The van der Waals surface area contributed by atoms with Crippen LogP contribution in [0.2, 0.25) is 0 Å². The number of hydrogen-bond acceptors (Lipinski definition) is 5. The number of nitrogens with zero attached hydrogens (tertiary/aromatic N) is 4. The minimum atomic E-state index is -0.969. The van der Waals surface area contributed by atoms with Gasteiger partial charge in [0.25, 0.3) is 0 Å². The van der Waals surface area contributed by atoms with Crippen molar-refractivity contribution in [2.24, 2.45) is 5.92 Å². The topological polar surface area (TPSA) is 105 Å². The number of fused-ring (bicyclic) bond motifs is 2. The van der Waals surface area contributed by atoms with Gasteiger partial charge in [0.1, 0.15) is 18.3 Å². The van der Waals surface area contributed by atoms with Crippen molar-refractivity contribution in [3.8, 4) is 0 Å². The van der Waals surface area contributed by atoms with Crippen LogP contribution in [0.25, 0.3) is 11.0 Å². The van der Waals surface area contributed by atoms with E-state index in [9.17, 15) is 19.5 Å². The Kier molecular flexibility index (Phi) is 3.16. The van der Waals surface area contributed by atoms with E-state index in [0.717, 1.165) is 6.42 Å². The fourth-order valence-electron chi connectivity index (χ4n) is 3.63. The van der Waals surface area contributed by atoms with E-state index in [0.29, 0.717) is 23.4 Å². The number of pyridine rings is 1. The van der Waals surface area contributed by atoms with Crippen LogP contribution in [0.15, 0.2) is 18.3 Å². The summed E-state index contributed by atoms with van der Waals surface area (Å²) in [6.07, 6.45) is 2.95. The lowest BCUT2D eigenvalue weighted by Gasteiger charge is -2.24. The number of carbonyl (C=O) groups is 3. The lowest BCUT2D eigenvalue weighted by molar-refractivity contribution is -0.149. The summed E-state index contributed by atoms with van der Waals surface area (Å²) in [7, 11) is 0. The monoisotopic (exact) mass is 328 g/mol. The van der Waals surface area contributed by atoms with Crippen LogP contribution in [0.1, 0.15) is 30.3 Å². The van der Waals surface area contributed by atoms with Gasteiger partial charge in [0.05, 0.1) is 5.39 Å². The van der Waals surface area contributed by atoms with Crippen LogP contribution in [0, 0.1) is 5.92 Å². The van der Waals surface area contributed by atoms with Crippen LogP contribution in [0.4, 0.5) is 0 Å². The maximum atomic E-state index is 12.7. The van der Waals surface area contributed by atoms with Gasteiger partial charge in [-0.25, -0.2) is 14.5 Å². The van der Waals surface area contributed by atoms with Gasteiger partial charge in [-0.3, -0.25) is 9.59 Å². The number of Topliss-reactive ketones (excluding diaryl/α,β-unsaturated/α-hetero) is 1. The molecule has 1 saturated heterocycles. The van der Waals surface area contributed by atoms with Crippen molar-refractivity contribution in [2.45, 2.75) is 38.4 Å². The number of rotatable bonds is 4. The van der Waals surface area contributed by atoms with E-state index >= 15 is 0 Å². The molecule has 3 atom stereocenters. The Morgan fingerprint density at radius 3 is 2.83 bits per heavy atom. The number of carboxylic acid groups (broad SMARTS) is 1. The highest BCUT2D eigenvalue weighted by Crippen LogP contribution is 2.47. The van der Waals surface area contributed by atoms with Gasteiger partial charge >= 0.3 is 5.97 Å². The van der Waals surface area contributed by atoms with Crippen molar-refractivity contribution >= 4 is 28.7 Å². The van der Waals surface area contributed by atoms with Crippen LogP contribution in [-0.4, -0.2) is 54.5 Å². The molecular formula is C16H16N4O4. The summed E-state index contributed by atoms with van der Waals surface area (Å²) in [6.45, 7) is 1.30. The predicted molar refractivity (Wildman–Crippen MR) is 82.3 cm³/mol. The van der Waals surface area contributed by atoms with Crippen molar-refractivity contribution < 1.29 is 19.5 Å². The average Bonchev–Trinajstić information content (AvgIpc) is 3.04. The van der Waals surface area contributed by atoms with Crippen molar-refractivity contribution in [2.75, 3.05) is 0 Å². The molecule has 1 aliphatic carbocycles. The van der Waals surface area contributed by atoms with Crippen molar-refractivity contribution in [3.63, 3.8) is 0 Å². The average molecular weight is 328 g/mol. The number of carboxylic acids is 1. The Morgan fingerprint density at radius 1 is 1.33 bits per heavy atom. The molecule has 8 nitrogen and oxygen atoms in total. The van der Waals surface area contributed by atoms with Gasteiger partial charge in [0.15, 0.2) is 11.4 Å². The zero-order valence-electron chi connectivity index (χ0n) is 13.0. The number of piperidine rings is 1. The van der Waals surface area contributed by atoms with Gasteiger partial charge < -0.3 is 10.0 Å². The second kappa shape index (κ2) is 5.12. The van der Waals surface area contributed by atoms with Crippen molar-refractivity contribution in [1.82, 2.24) is 19.7 Å². The van der Waals surface area contributed by atoms with Crippen LogP contribution in [0.5, 0.6) is 0 Å². The molecule has 2 aromatic heterocycles. The minimum Gasteiger partial charge on any atom is -0.480 e. The van der Waals surface area contributed by atoms with E-state index in [2.05, 4.69) is 10.1 Å². The highest BCUT2D eigenvalue weighted by atomic mass is 16.4. The second-order valence-corrected chi connectivity index (χ2v) is 6.39. The molecule has 4 rings (SSSR count). The van der Waals surface area contributed by atoms with Gasteiger partial charge in [-0.2, -0.15) is 5.10 Å². The Labute approximate surface area is 137 Å². The first-order chi connectivity index (χ1) is 11.5. The number of likely N-dealkylation sites (tertiary alicyclic amines) is 1. The zero-order chi connectivity index (χ0) is 17.0. The molecule has 1 aliphatic heterocycles.